The third kappa shape index (κ3) is 4.93. The average molecular weight is 303 g/mol. The van der Waals surface area contributed by atoms with Crippen LogP contribution in [0.5, 0.6) is 5.75 Å². The normalized spacial score (nSPS) is 11.9. The molecule has 0 saturated carbocycles. The molecule has 5 heteroatoms. The lowest BCUT2D eigenvalue weighted by molar-refractivity contribution is -0.121. The Bertz CT molecular complexity index is 563. The zero-order valence-electron chi connectivity index (χ0n) is 12.6. The van der Waals surface area contributed by atoms with Gasteiger partial charge in [-0.1, -0.05) is 12.1 Å². The number of ether oxygens (including phenoxy) is 1. The van der Waals surface area contributed by atoms with Crippen molar-refractivity contribution in [3.63, 3.8) is 0 Å². The van der Waals surface area contributed by atoms with Crippen LogP contribution in [-0.4, -0.2) is 24.7 Å². The van der Waals surface area contributed by atoms with Crippen molar-refractivity contribution in [2.75, 3.05) is 13.7 Å². The number of furan rings is 1. The smallest absolute Gasteiger partial charge is 0.220 e. The van der Waals surface area contributed by atoms with E-state index in [0.29, 0.717) is 12.2 Å². The van der Waals surface area contributed by atoms with E-state index in [-0.39, 0.29) is 12.5 Å². The Hall–Kier alpha value is -2.27. The predicted molar refractivity (Wildman–Crippen MR) is 82.6 cm³/mol. The first-order valence-corrected chi connectivity index (χ1v) is 7.30. The highest BCUT2D eigenvalue weighted by atomic mass is 16.5. The lowest BCUT2D eigenvalue weighted by atomic mass is 10.1. The molecule has 22 heavy (non-hydrogen) atoms. The van der Waals surface area contributed by atoms with Gasteiger partial charge >= 0.3 is 0 Å². The van der Waals surface area contributed by atoms with Crippen LogP contribution < -0.4 is 10.1 Å². The van der Waals surface area contributed by atoms with Crippen molar-refractivity contribution < 1.29 is 19.1 Å². The minimum atomic E-state index is -0.805. The summed E-state index contributed by atoms with van der Waals surface area (Å²) in [5.74, 6) is 1.21. The van der Waals surface area contributed by atoms with E-state index in [9.17, 15) is 9.90 Å². The average Bonchev–Trinajstić information content (AvgIpc) is 3.08. The molecule has 0 saturated heterocycles. The monoisotopic (exact) mass is 303 g/mol. The second-order valence-corrected chi connectivity index (χ2v) is 5.04. The van der Waals surface area contributed by atoms with Gasteiger partial charge in [-0.2, -0.15) is 0 Å². The summed E-state index contributed by atoms with van der Waals surface area (Å²) in [6.07, 6.45) is 2.71. The summed E-state index contributed by atoms with van der Waals surface area (Å²) >= 11 is 0. The van der Waals surface area contributed by atoms with Gasteiger partial charge in [0.15, 0.2) is 0 Å². The number of hydrogen-bond acceptors (Lipinski definition) is 4. The minimum absolute atomic E-state index is 0.0703. The molecule has 0 aliphatic carbocycles. The van der Waals surface area contributed by atoms with E-state index in [1.807, 2.05) is 24.3 Å². The molecule has 1 amide bonds. The van der Waals surface area contributed by atoms with Crippen LogP contribution in [0.15, 0.2) is 47.1 Å². The van der Waals surface area contributed by atoms with Crippen molar-refractivity contribution in [3.05, 3.63) is 54.0 Å². The second kappa shape index (κ2) is 8.24. The summed E-state index contributed by atoms with van der Waals surface area (Å²) in [4.78, 5) is 11.7. The number of hydrogen-bond donors (Lipinski definition) is 2. The SMILES string of the molecule is COc1ccc(CCCC(=O)NCC(O)c2ccco2)cc1. The fraction of sp³-hybridized carbons (Fsp3) is 0.353. The molecular weight excluding hydrogens is 282 g/mol. The van der Waals surface area contributed by atoms with Crippen LogP contribution in [0.2, 0.25) is 0 Å². The van der Waals surface area contributed by atoms with Crippen LogP contribution in [0.1, 0.15) is 30.3 Å². The van der Waals surface area contributed by atoms with Gasteiger partial charge < -0.3 is 19.6 Å². The number of amides is 1. The first-order chi connectivity index (χ1) is 10.7. The van der Waals surface area contributed by atoms with E-state index in [1.54, 1.807) is 19.2 Å². The highest BCUT2D eigenvalue weighted by Crippen LogP contribution is 2.14. The molecule has 1 aromatic carbocycles. The Labute approximate surface area is 129 Å². The third-order valence-electron chi connectivity index (χ3n) is 3.39. The molecule has 0 fully saturated rings. The molecule has 2 N–H and O–H groups in total. The van der Waals surface area contributed by atoms with Crippen LogP contribution in [-0.2, 0) is 11.2 Å². The fourth-order valence-corrected chi connectivity index (χ4v) is 2.13. The maximum absolute atomic E-state index is 11.7. The number of aliphatic hydroxyl groups excluding tert-OH is 1. The highest BCUT2D eigenvalue weighted by Gasteiger charge is 2.11. The summed E-state index contributed by atoms with van der Waals surface area (Å²) in [6.45, 7) is 0.162. The van der Waals surface area contributed by atoms with Crippen LogP contribution >= 0.6 is 0 Å². The predicted octanol–water partition coefficient (Wildman–Crippen LogP) is 2.46. The second-order valence-electron chi connectivity index (χ2n) is 5.04. The number of aliphatic hydroxyl groups is 1. The zero-order chi connectivity index (χ0) is 15.8. The lowest BCUT2D eigenvalue weighted by Crippen LogP contribution is -2.28. The van der Waals surface area contributed by atoms with Crippen molar-refractivity contribution in [2.45, 2.75) is 25.4 Å². The van der Waals surface area contributed by atoms with E-state index >= 15 is 0 Å². The van der Waals surface area contributed by atoms with Gasteiger partial charge in [0, 0.05) is 6.42 Å². The van der Waals surface area contributed by atoms with Crippen LogP contribution in [0.3, 0.4) is 0 Å². The Balaban J connectivity index is 1.65. The molecule has 2 rings (SSSR count). The van der Waals surface area contributed by atoms with Crippen LogP contribution in [0.4, 0.5) is 0 Å². The number of methoxy groups -OCH3 is 1. The summed E-state index contributed by atoms with van der Waals surface area (Å²) < 4.78 is 10.2. The molecule has 1 heterocycles. The molecule has 1 unspecified atom stereocenters. The van der Waals surface area contributed by atoms with Gasteiger partial charge in [-0.15, -0.1) is 0 Å². The molecule has 0 aliphatic rings. The molecule has 118 valence electrons. The molecule has 0 spiro atoms. The minimum Gasteiger partial charge on any atom is -0.497 e. The first-order valence-electron chi connectivity index (χ1n) is 7.30. The summed E-state index contributed by atoms with van der Waals surface area (Å²) in [6, 6.07) is 11.2. The van der Waals surface area contributed by atoms with Gasteiger partial charge in [0.1, 0.15) is 17.6 Å². The summed E-state index contributed by atoms with van der Waals surface area (Å²) in [5, 5.41) is 12.5. The number of benzene rings is 1. The Kier molecular flexibility index (Phi) is 6.03. The van der Waals surface area contributed by atoms with Gasteiger partial charge in [-0.3, -0.25) is 4.79 Å². The molecule has 1 aromatic heterocycles. The molecule has 0 bridgehead atoms. The standard InChI is InChI=1S/C17H21NO4/c1-21-14-9-7-13(8-10-14)4-2-6-17(20)18-12-15(19)16-5-3-11-22-16/h3,5,7-11,15,19H,2,4,6,12H2,1H3,(H,18,20). The number of nitrogens with one attached hydrogen (secondary N) is 1. The van der Waals surface area contributed by atoms with E-state index in [4.69, 9.17) is 9.15 Å². The first kappa shape index (κ1) is 16.1. The topological polar surface area (TPSA) is 71.7 Å². The van der Waals surface area contributed by atoms with Gasteiger partial charge in [0.05, 0.1) is 19.9 Å². The van der Waals surface area contributed by atoms with Gasteiger partial charge in [-0.25, -0.2) is 0 Å². The van der Waals surface area contributed by atoms with Crippen molar-refractivity contribution >= 4 is 5.91 Å². The quantitative estimate of drug-likeness (QED) is 0.786. The molecule has 5 nitrogen and oxygen atoms in total. The zero-order valence-corrected chi connectivity index (χ0v) is 12.6. The van der Waals surface area contributed by atoms with Crippen molar-refractivity contribution in [1.29, 1.82) is 0 Å². The molecule has 2 aromatic rings. The highest BCUT2D eigenvalue weighted by molar-refractivity contribution is 5.75. The summed E-state index contributed by atoms with van der Waals surface area (Å²) in [5.41, 5.74) is 1.17. The molecule has 0 aliphatic heterocycles. The van der Waals surface area contributed by atoms with Gasteiger partial charge in [0.25, 0.3) is 0 Å². The number of carbonyl (C=O) groups is 1. The number of aryl methyl sites for hydroxylation is 1. The van der Waals surface area contributed by atoms with Crippen molar-refractivity contribution in [1.82, 2.24) is 5.32 Å². The number of carbonyl (C=O) groups excluding carboxylic acids is 1. The lowest BCUT2D eigenvalue weighted by Gasteiger charge is -2.09. The number of rotatable bonds is 8. The Morgan fingerprint density at radius 2 is 2.09 bits per heavy atom. The molecular formula is C17H21NO4. The maximum Gasteiger partial charge on any atom is 0.220 e. The Morgan fingerprint density at radius 3 is 2.73 bits per heavy atom. The van der Waals surface area contributed by atoms with E-state index in [2.05, 4.69) is 5.32 Å². The molecule has 1 atom stereocenters. The maximum atomic E-state index is 11.7. The molecule has 0 radical (unpaired) electrons. The van der Waals surface area contributed by atoms with E-state index in [0.717, 1.165) is 18.6 Å². The van der Waals surface area contributed by atoms with E-state index < -0.39 is 6.10 Å². The van der Waals surface area contributed by atoms with Crippen LogP contribution in [0.25, 0.3) is 0 Å². The van der Waals surface area contributed by atoms with Gasteiger partial charge in [-0.05, 0) is 42.7 Å². The van der Waals surface area contributed by atoms with Gasteiger partial charge in [0.2, 0.25) is 5.91 Å². The third-order valence-corrected chi connectivity index (χ3v) is 3.39. The Morgan fingerprint density at radius 1 is 1.32 bits per heavy atom. The summed E-state index contributed by atoms with van der Waals surface area (Å²) in [7, 11) is 1.64. The van der Waals surface area contributed by atoms with Crippen molar-refractivity contribution in [2.24, 2.45) is 0 Å². The largest absolute Gasteiger partial charge is 0.497 e. The fourth-order valence-electron chi connectivity index (χ4n) is 2.13. The van der Waals surface area contributed by atoms with Crippen LogP contribution in [0, 0.1) is 0 Å². The van der Waals surface area contributed by atoms with Crippen molar-refractivity contribution in [3.8, 4) is 5.75 Å². The van der Waals surface area contributed by atoms with E-state index in [1.165, 1.54) is 11.8 Å².